The number of benzene rings is 2. The number of hydrogen-bond donors (Lipinski definition) is 1. The Bertz CT molecular complexity index is 969. The third-order valence-electron chi connectivity index (χ3n) is 6.13. The number of anilines is 1. The molecule has 1 aliphatic rings. The van der Waals surface area contributed by atoms with Gasteiger partial charge in [0, 0.05) is 29.9 Å². The minimum Gasteiger partial charge on any atom is -0.497 e. The lowest BCUT2D eigenvalue weighted by Gasteiger charge is -2.21. The molecule has 1 aromatic heterocycles. The van der Waals surface area contributed by atoms with Gasteiger partial charge in [0.1, 0.15) is 5.75 Å². The molecule has 2 aromatic carbocycles. The molecule has 0 saturated carbocycles. The van der Waals surface area contributed by atoms with Gasteiger partial charge in [0.15, 0.2) is 0 Å². The fourth-order valence-electron chi connectivity index (χ4n) is 4.38. The molecule has 0 fully saturated rings. The van der Waals surface area contributed by atoms with Gasteiger partial charge in [-0.15, -0.1) is 0 Å². The molecule has 0 unspecified atom stereocenters. The Morgan fingerprint density at radius 3 is 2.61 bits per heavy atom. The molecule has 0 amide bonds. The molecule has 31 heavy (non-hydrogen) atoms. The summed E-state index contributed by atoms with van der Waals surface area (Å²) in [5, 5.41) is 5.03. The van der Waals surface area contributed by atoms with E-state index in [-0.39, 0.29) is 0 Å². The van der Waals surface area contributed by atoms with E-state index in [0.717, 1.165) is 63.1 Å². The molecule has 4 nitrogen and oxygen atoms in total. The summed E-state index contributed by atoms with van der Waals surface area (Å²) in [4.78, 5) is 4.93. The first-order chi connectivity index (χ1) is 15.3. The van der Waals surface area contributed by atoms with E-state index in [4.69, 9.17) is 14.5 Å². The zero-order valence-electron chi connectivity index (χ0n) is 18.7. The van der Waals surface area contributed by atoms with Crippen molar-refractivity contribution in [2.45, 2.75) is 51.4 Å². The fraction of sp³-hybridized carbons (Fsp3) is 0.444. The van der Waals surface area contributed by atoms with Gasteiger partial charge in [-0.1, -0.05) is 30.3 Å². The number of nitrogens with one attached hydrogen (secondary N) is 1. The summed E-state index contributed by atoms with van der Waals surface area (Å²) >= 11 is 0. The van der Waals surface area contributed by atoms with Crippen molar-refractivity contribution >= 4 is 16.6 Å². The van der Waals surface area contributed by atoms with E-state index in [1.54, 1.807) is 7.11 Å². The third kappa shape index (κ3) is 5.76. The highest BCUT2D eigenvalue weighted by atomic mass is 16.5. The van der Waals surface area contributed by atoms with Crippen molar-refractivity contribution in [2.24, 2.45) is 0 Å². The maximum Gasteiger partial charge on any atom is 0.118 e. The van der Waals surface area contributed by atoms with Crippen LogP contribution in [0.25, 0.3) is 10.9 Å². The van der Waals surface area contributed by atoms with Gasteiger partial charge >= 0.3 is 0 Å². The summed E-state index contributed by atoms with van der Waals surface area (Å²) in [5.41, 5.74) is 6.49. The predicted octanol–water partition coefficient (Wildman–Crippen LogP) is 5.96. The molecule has 4 rings (SSSR count). The Morgan fingerprint density at radius 1 is 0.903 bits per heavy atom. The molecule has 164 valence electrons. The van der Waals surface area contributed by atoms with Gasteiger partial charge in [-0.3, -0.25) is 4.98 Å². The Kier molecular flexibility index (Phi) is 7.78. The topological polar surface area (TPSA) is 43.4 Å². The van der Waals surface area contributed by atoms with Gasteiger partial charge in [0.2, 0.25) is 0 Å². The fourth-order valence-corrected chi connectivity index (χ4v) is 4.38. The smallest absolute Gasteiger partial charge is 0.118 e. The first kappa shape index (κ1) is 21.6. The first-order valence-electron chi connectivity index (χ1n) is 11.7. The van der Waals surface area contributed by atoms with Crippen LogP contribution < -0.4 is 10.1 Å². The Hall–Kier alpha value is -2.59. The SMILES string of the molecule is COc1ccc(CCOCCCCCNc2c3c(nc4ccccc24)CCCC3)cc1. The molecule has 1 N–H and O–H groups in total. The van der Waals surface area contributed by atoms with E-state index >= 15 is 0 Å². The van der Waals surface area contributed by atoms with E-state index in [0.29, 0.717) is 0 Å². The Labute approximate surface area is 186 Å². The highest BCUT2D eigenvalue weighted by molar-refractivity contribution is 5.93. The van der Waals surface area contributed by atoms with Crippen LogP contribution in [0.4, 0.5) is 5.69 Å². The minimum atomic E-state index is 0.778. The maximum absolute atomic E-state index is 5.83. The summed E-state index contributed by atoms with van der Waals surface area (Å²) in [7, 11) is 1.70. The number of para-hydroxylation sites is 1. The number of aromatic nitrogens is 1. The second-order valence-electron chi connectivity index (χ2n) is 8.33. The van der Waals surface area contributed by atoms with E-state index in [1.165, 1.54) is 47.2 Å². The van der Waals surface area contributed by atoms with Crippen molar-refractivity contribution in [2.75, 3.05) is 32.2 Å². The number of aryl methyl sites for hydroxylation is 1. The average molecular weight is 419 g/mol. The average Bonchev–Trinajstić information content (AvgIpc) is 2.82. The summed E-state index contributed by atoms with van der Waals surface area (Å²) < 4.78 is 11.0. The second-order valence-corrected chi connectivity index (χ2v) is 8.33. The molecule has 1 aliphatic carbocycles. The van der Waals surface area contributed by atoms with E-state index < -0.39 is 0 Å². The van der Waals surface area contributed by atoms with Crippen molar-refractivity contribution in [1.82, 2.24) is 4.98 Å². The van der Waals surface area contributed by atoms with Crippen LogP contribution in [-0.2, 0) is 24.0 Å². The standard InChI is InChI=1S/C27H34N2O2/c1-30-22-15-13-21(14-16-22)17-20-31-19-8-2-7-18-28-27-23-9-3-5-11-25(23)29-26-12-6-4-10-24(26)27/h3,5,9,11,13-16H,2,4,6-8,10,12,17-20H2,1H3,(H,28,29). The van der Waals surface area contributed by atoms with Crippen LogP contribution in [0.1, 0.15) is 48.9 Å². The van der Waals surface area contributed by atoms with Crippen molar-refractivity contribution in [3.8, 4) is 5.75 Å². The van der Waals surface area contributed by atoms with Gasteiger partial charge in [0.05, 0.1) is 19.2 Å². The largest absolute Gasteiger partial charge is 0.497 e. The van der Waals surface area contributed by atoms with Crippen LogP contribution in [0.15, 0.2) is 48.5 Å². The van der Waals surface area contributed by atoms with Crippen molar-refractivity contribution < 1.29 is 9.47 Å². The quantitative estimate of drug-likeness (QED) is 0.390. The molecule has 0 atom stereocenters. The Balaban J connectivity index is 1.17. The number of methoxy groups -OCH3 is 1. The lowest BCUT2D eigenvalue weighted by atomic mass is 9.92. The first-order valence-corrected chi connectivity index (χ1v) is 11.7. The maximum atomic E-state index is 5.83. The van der Waals surface area contributed by atoms with E-state index in [1.807, 2.05) is 12.1 Å². The molecule has 0 saturated heterocycles. The zero-order valence-corrected chi connectivity index (χ0v) is 18.7. The monoisotopic (exact) mass is 418 g/mol. The highest BCUT2D eigenvalue weighted by Crippen LogP contribution is 2.33. The number of fused-ring (bicyclic) bond motifs is 2. The van der Waals surface area contributed by atoms with Crippen LogP contribution in [0.2, 0.25) is 0 Å². The van der Waals surface area contributed by atoms with Crippen LogP contribution in [0, 0.1) is 0 Å². The number of nitrogens with zero attached hydrogens (tertiary/aromatic N) is 1. The van der Waals surface area contributed by atoms with Crippen LogP contribution in [0.3, 0.4) is 0 Å². The zero-order chi connectivity index (χ0) is 21.3. The Morgan fingerprint density at radius 2 is 1.74 bits per heavy atom. The van der Waals surface area contributed by atoms with Gasteiger partial charge in [0.25, 0.3) is 0 Å². The normalized spacial score (nSPS) is 13.2. The lowest BCUT2D eigenvalue weighted by Crippen LogP contribution is -2.12. The lowest BCUT2D eigenvalue weighted by molar-refractivity contribution is 0.133. The molecule has 0 radical (unpaired) electrons. The molecule has 3 aromatic rings. The van der Waals surface area contributed by atoms with Crippen molar-refractivity contribution in [1.29, 1.82) is 0 Å². The molecule has 0 bridgehead atoms. The molecule has 0 spiro atoms. The number of pyridine rings is 1. The molecule has 1 heterocycles. The number of ether oxygens (including phenoxy) is 2. The van der Waals surface area contributed by atoms with Crippen LogP contribution in [0.5, 0.6) is 5.75 Å². The summed E-state index contributed by atoms with van der Waals surface area (Å²) in [5.74, 6) is 0.901. The molecular formula is C27H34N2O2. The van der Waals surface area contributed by atoms with Gasteiger partial charge in [-0.2, -0.15) is 0 Å². The second kappa shape index (κ2) is 11.1. The van der Waals surface area contributed by atoms with Gasteiger partial charge in [-0.25, -0.2) is 0 Å². The number of unbranched alkanes of at least 4 members (excludes halogenated alkanes) is 2. The van der Waals surface area contributed by atoms with E-state index in [9.17, 15) is 0 Å². The molecule has 4 heteroatoms. The van der Waals surface area contributed by atoms with Crippen molar-refractivity contribution in [3.63, 3.8) is 0 Å². The van der Waals surface area contributed by atoms with E-state index in [2.05, 4.69) is 41.7 Å². The summed E-state index contributed by atoms with van der Waals surface area (Å²) in [6.45, 7) is 2.62. The molecular weight excluding hydrogens is 384 g/mol. The molecule has 0 aliphatic heterocycles. The third-order valence-corrected chi connectivity index (χ3v) is 6.13. The van der Waals surface area contributed by atoms with Crippen molar-refractivity contribution in [3.05, 3.63) is 65.4 Å². The summed E-state index contributed by atoms with van der Waals surface area (Å²) in [6.07, 6.45) is 9.20. The summed E-state index contributed by atoms with van der Waals surface area (Å²) in [6, 6.07) is 16.8. The minimum absolute atomic E-state index is 0.778. The van der Waals surface area contributed by atoms with Crippen LogP contribution in [-0.4, -0.2) is 31.9 Å². The number of rotatable bonds is 11. The number of hydrogen-bond acceptors (Lipinski definition) is 4. The van der Waals surface area contributed by atoms with Gasteiger partial charge < -0.3 is 14.8 Å². The van der Waals surface area contributed by atoms with Crippen LogP contribution >= 0.6 is 0 Å². The highest BCUT2D eigenvalue weighted by Gasteiger charge is 2.17. The predicted molar refractivity (Wildman–Crippen MR) is 128 cm³/mol. The van der Waals surface area contributed by atoms with Gasteiger partial charge in [-0.05, 0) is 80.7 Å².